The molecule has 3 rings (SSSR count). The summed E-state index contributed by atoms with van der Waals surface area (Å²) in [6.45, 7) is 0. The first-order chi connectivity index (χ1) is 9.99. The normalized spacial score (nSPS) is 21.1. The SMILES string of the molecule is O=C(O)c1sccc1S(=O)(=O)NC1CC1c1ccccc1. The van der Waals surface area contributed by atoms with Crippen molar-refractivity contribution in [3.05, 3.63) is 52.2 Å². The molecule has 7 heteroatoms. The van der Waals surface area contributed by atoms with Crippen molar-refractivity contribution in [2.45, 2.75) is 23.3 Å². The molecule has 1 aliphatic rings. The number of sulfonamides is 1. The molecule has 5 nitrogen and oxygen atoms in total. The van der Waals surface area contributed by atoms with Gasteiger partial charge in [-0.15, -0.1) is 11.3 Å². The number of hydrogen-bond acceptors (Lipinski definition) is 4. The fourth-order valence-corrected chi connectivity index (χ4v) is 4.87. The lowest BCUT2D eigenvalue weighted by Gasteiger charge is -2.06. The van der Waals surface area contributed by atoms with Crippen molar-refractivity contribution in [3.8, 4) is 0 Å². The molecule has 110 valence electrons. The van der Waals surface area contributed by atoms with E-state index in [4.69, 9.17) is 5.11 Å². The van der Waals surface area contributed by atoms with Crippen LogP contribution in [0.5, 0.6) is 0 Å². The number of benzene rings is 1. The number of hydrogen-bond donors (Lipinski definition) is 2. The van der Waals surface area contributed by atoms with E-state index in [0.29, 0.717) is 0 Å². The van der Waals surface area contributed by atoms with Crippen LogP contribution in [0.2, 0.25) is 0 Å². The van der Waals surface area contributed by atoms with Crippen molar-refractivity contribution in [1.29, 1.82) is 0 Å². The minimum Gasteiger partial charge on any atom is -0.477 e. The molecule has 2 atom stereocenters. The highest BCUT2D eigenvalue weighted by molar-refractivity contribution is 7.89. The third-order valence-electron chi connectivity index (χ3n) is 3.44. The summed E-state index contributed by atoms with van der Waals surface area (Å²) in [4.78, 5) is 10.7. The number of thiophene rings is 1. The van der Waals surface area contributed by atoms with Gasteiger partial charge in [0.05, 0.1) is 0 Å². The van der Waals surface area contributed by atoms with Gasteiger partial charge in [0.25, 0.3) is 0 Å². The number of carboxylic acid groups (broad SMARTS) is 1. The number of carbonyl (C=O) groups is 1. The van der Waals surface area contributed by atoms with Crippen LogP contribution < -0.4 is 4.72 Å². The van der Waals surface area contributed by atoms with Gasteiger partial charge >= 0.3 is 5.97 Å². The van der Waals surface area contributed by atoms with Crippen LogP contribution in [0.15, 0.2) is 46.7 Å². The monoisotopic (exact) mass is 323 g/mol. The predicted molar refractivity (Wildman–Crippen MR) is 79.2 cm³/mol. The lowest BCUT2D eigenvalue weighted by Crippen LogP contribution is -2.27. The number of aromatic carboxylic acids is 1. The van der Waals surface area contributed by atoms with Crippen molar-refractivity contribution in [1.82, 2.24) is 4.72 Å². The Hall–Kier alpha value is -1.70. The van der Waals surface area contributed by atoms with Gasteiger partial charge in [0, 0.05) is 12.0 Å². The summed E-state index contributed by atoms with van der Waals surface area (Å²) >= 11 is 0.910. The van der Waals surface area contributed by atoms with E-state index in [1.807, 2.05) is 30.3 Å². The molecule has 1 heterocycles. The molecule has 21 heavy (non-hydrogen) atoms. The molecule has 0 amide bonds. The summed E-state index contributed by atoms with van der Waals surface area (Å²) in [5.74, 6) is -1.06. The maximum Gasteiger partial charge on any atom is 0.347 e. The Balaban J connectivity index is 1.77. The Morgan fingerprint density at radius 3 is 2.62 bits per heavy atom. The molecule has 1 aliphatic carbocycles. The first-order valence-corrected chi connectivity index (χ1v) is 8.73. The largest absolute Gasteiger partial charge is 0.477 e. The van der Waals surface area contributed by atoms with Gasteiger partial charge in [0.15, 0.2) is 0 Å². The van der Waals surface area contributed by atoms with Gasteiger partial charge in [-0.1, -0.05) is 30.3 Å². The molecule has 0 bridgehead atoms. The molecule has 0 aliphatic heterocycles. The highest BCUT2D eigenvalue weighted by atomic mass is 32.2. The molecule has 0 spiro atoms. The van der Waals surface area contributed by atoms with Crippen molar-refractivity contribution in [2.24, 2.45) is 0 Å². The van der Waals surface area contributed by atoms with Gasteiger partial charge in [0.2, 0.25) is 10.0 Å². The average molecular weight is 323 g/mol. The third-order valence-corrected chi connectivity index (χ3v) is 6.00. The smallest absolute Gasteiger partial charge is 0.347 e. The van der Waals surface area contributed by atoms with E-state index in [1.165, 1.54) is 11.4 Å². The predicted octanol–water partition coefficient (Wildman–Crippen LogP) is 2.28. The molecule has 1 aromatic heterocycles. The minimum atomic E-state index is -3.79. The van der Waals surface area contributed by atoms with Crippen molar-refractivity contribution < 1.29 is 18.3 Å². The molecular formula is C14H13NO4S2. The highest BCUT2D eigenvalue weighted by Gasteiger charge is 2.42. The van der Waals surface area contributed by atoms with E-state index < -0.39 is 16.0 Å². The Morgan fingerprint density at radius 2 is 1.95 bits per heavy atom. The van der Waals surface area contributed by atoms with Crippen LogP contribution in [-0.4, -0.2) is 25.5 Å². The molecule has 1 saturated carbocycles. The van der Waals surface area contributed by atoms with Crippen LogP contribution in [0.1, 0.15) is 27.6 Å². The molecule has 2 N–H and O–H groups in total. The second-order valence-electron chi connectivity index (χ2n) is 4.90. The van der Waals surface area contributed by atoms with Gasteiger partial charge < -0.3 is 5.11 Å². The van der Waals surface area contributed by atoms with Gasteiger partial charge in [-0.2, -0.15) is 0 Å². The van der Waals surface area contributed by atoms with Gasteiger partial charge in [-0.3, -0.25) is 0 Å². The van der Waals surface area contributed by atoms with Crippen molar-refractivity contribution >= 4 is 27.3 Å². The van der Waals surface area contributed by atoms with E-state index in [1.54, 1.807) is 0 Å². The van der Waals surface area contributed by atoms with Crippen LogP contribution in [-0.2, 0) is 10.0 Å². The summed E-state index contributed by atoms with van der Waals surface area (Å²) in [5, 5.41) is 10.5. The van der Waals surface area contributed by atoms with Gasteiger partial charge in [-0.05, 0) is 23.4 Å². The summed E-state index contributed by atoms with van der Waals surface area (Å²) < 4.78 is 27.1. The molecule has 2 aromatic rings. The van der Waals surface area contributed by atoms with E-state index in [-0.39, 0.29) is 21.7 Å². The van der Waals surface area contributed by atoms with Crippen LogP contribution in [0.3, 0.4) is 0 Å². The molecule has 2 unspecified atom stereocenters. The second-order valence-corrected chi connectivity index (χ2v) is 7.50. The average Bonchev–Trinajstić information content (AvgIpc) is 3.01. The summed E-state index contributed by atoms with van der Waals surface area (Å²) in [6, 6.07) is 10.8. The second kappa shape index (κ2) is 5.25. The fraction of sp³-hybridized carbons (Fsp3) is 0.214. The maximum absolute atomic E-state index is 12.3. The van der Waals surface area contributed by atoms with Crippen molar-refractivity contribution in [3.63, 3.8) is 0 Å². The molecule has 1 aromatic carbocycles. The Labute approximate surface area is 126 Å². The highest BCUT2D eigenvalue weighted by Crippen LogP contribution is 2.41. The van der Waals surface area contributed by atoms with Crippen LogP contribution in [0.25, 0.3) is 0 Å². The Morgan fingerprint density at radius 1 is 1.24 bits per heavy atom. The lowest BCUT2D eigenvalue weighted by atomic mass is 10.1. The zero-order valence-electron chi connectivity index (χ0n) is 10.9. The summed E-state index contributed by atoms with van der Waals surface area (Å²) in [5.41, 5.74) is 1.09. The quantitative estimate of drug-likeness (QED) is 0.884. The minimum absolute atomic E-state index is 0.153. The summed E-state index contributed by atoms with van der Waals surface area (Å²) in [6.07, 6.45) is 0.732. The number of carboxylic acids is 1. The Kier molecular flexibility index (Phi) is 3.56. The van der Waals surface area contributed by atoms with Crippen molar-refractivity contribution in [2.75, 3.05) is 0 Å². The topological polar surface area (TPSA) is 83.5 Å². The van der Waals surface area contributed by atoms with E-state index in [0.717, 1.165) is 23.3 Å². The number of nitrogens with one attached hydrogen (secondary N) is 1. The molecular weight excluding hydrogens is 310 g/mol. The first-order valence-electron chi connectivity index (χ1n) is 6.37. The zero-order valence-corrected chi connectivity index (χ0v) is 12.5. The zero-order chi connectivity index (χ0) is 15.0. The van der Waals surface area contributed by atoms with E-state index in [9.17, 15) is 13.2 Å². The third kappa shape index (κ3) is 2.85. The lowest BCUT2D eigenvalue weighted by molar-refractivity contribution is 0.0698. The van der Waals surface area contributed by atoms with Crippen LogP contribution >= 0.6 is 11.3 Å². The fourth-order valence-electron chi connectivity index (χ4n) is 2.32. The maximum atomic E-state index is 12.3. The molecule has 0 saturated heterocycles. The van der Waals surface area contributed by atoms with E-state index >= 15 is 0 Å². The Bertz CT molecular complexity index is 767. The van der Waals surface area contributed by atoms with Gasteiger partial charge in [0.1, 0.15) is 9.77 Å². The summed E-state index contributed by atoms with van der Waals surface area (Å²) in [7, 11) is -3.79. The molecule has 1 fully saturated rings. The van der Waals surface area contributed by atoms with Crippen LogP contribution in [0, 0.1) is 0 Å². The first kappa shape index (κ1) is 14.2. The standard InChI is InChI=1S/C14H13NO4S2/c16-14(17)13-12(6-7-20-13)21(18,19)15-11-8-10(11)9-4-2-1-3-5-9/h1-7,10-11,15H,8H2,(H,16,17). The number of rotatable bonds is 5. The van der Waals surface area contributed by atoms with Crippen LogP contribution in [0.4, 0.5) is 0 Å². The molecule has 0 radical (unpaired) electrons. The van der Waals surface area contributed by atoms with E-state index in [2.05, 4.69) is 4.72 Å². The van der Waals surface area contributed by atoms with Gasteiger partial charge in [-0.25, -0.2) is 17.9 Å².